The lowest BCUT2D eigenvalue weighted by atomic mass is 9.87. The van der Waals surface area contributed by atoms with Gasteiger partial charge in [0.25, 0.3) is 0 Å². The Bertz CT molecular complexity index is 1060. The highest BCUT2D eigenvalue weighted by molar-refractivity contribution is 7.19. The Morgan fingerprint density at radius 3 is 2.69 bits per heavy atom. The minimum absolute atomic E-state index is 0.126. The van der Waals surface area contributed by atoms with Crippen LogP contribution in [-0.4, -0.2) is 54.9 Å². The van der Waals surface area contributed by atoms with Gasteiger partial charge < -0.3 is 19.1 Å². The fourth-order valence-electron chi connectivity index (χ4n) is 3.91. The Labute approximate surface area is 210 Å². The van der Waals surface area contributed by atoms with Crippen molar-refractivity contribution in [2.45, 2.75) is 51.5 Å². The van der Waals surface area contributed by atoms with E-state index in [0.717, 1.165) is 26.3 Å². The highest BCUT2D eigenvalue weighted by Crippen LogP contribution is 2.37. The van der Waals surface area contributed by atoms with Crippen LogP contribution in [0.15, 0.2) is 18.2 Å². The van der Waals surface area contributed by atoms with Crippen molar-refractivity contribution in [2.24, 2.45) is 5.92 Å². The van der Waals surface area contributed by atoms with Gasteiger partial charge in [0.15, 0.2) is 0 Å². The molecule has 1 fully saturated rings. The number of carbonyl (C=O) groups is 2. The number of rotatable bonds is 7. The Kier molecular flexibility index (Phi) is 8.87. The van der Waals surface area contributed by atoms with Crippen LogP contribution in [0.3, 0.4) is 0 Å². The molecule has 2 aromatic rings. The van der Waals surface area contributed by atoms with Crippen LogP contribution in [0.4, 0.5) is 18.0 Å². The van der Waals surface area contributed by atoms with Crippen molar-refractivity contribution in [3.05, 3.63) is 33.8 Å². The van der Waals surface area contributed by atoms with Gasteiger partial charge in [0.1, 0.15) is 18.9 Å². The molecular weight excluding hydrogens is 509 g/mol. The van der Waals surface area contributed by atoms with E-state index in [9.17, 15) is 22.8 Å². The number of methoxy groups -OCH3 is 1. The van der Waals surface area contributed by atoms with Gasteiger partial charge in [0.2, 0.25) is 0 Å². The van der Waals surface area contributed by atoms with Crippen molar-refractivity contribution >= 4 is 35.0 Å². The molecule has 0 spiro atoms. The van der Waals surface area contributed by atoms with Crippen molar-refractivity contribution in [3.63, 3.8) is 0 Å². The van der Waals surface area contributed by atoms with Gasteiger partial charge in [-0.2, -0.15) is 13.2 Å². The van der Waals surface area contributed by atoms with E-state index >= 15 is 0 Å². The summed E-state index contributed by atoms with van der Waals surface area (Å²) in [6.07, 6.45) is -2.70. The van der Waals surface area contributed by atoms with E-state index in [1.54, 1.807) is 25.1 Å². The number of alkyl halides is 3. The largest absolute Gasteiger partial charge is 0.489 e. The standard InChI is InChI=1S/C23H26ClF3N2O5S/c1-13-18(34-16-6-4-5-14(9-16)21(30)32-3)8-7-17(28-13)20-15(10-19(24)35-20)11-33-22(31)29(2)12-23(25,26)27/h7-8,10,14,16H,4-6,9,11-12H2,1-3H3/t14-,16-/m0/s1. The Morgan fingerprint density at radius 1 is 1.29 bits per heavy atom. The fourth-order valence-corrected chi connectivity index (χ4v) is 5.14. The highest BCUT2D eigenvalue weighted by Gasteiger charge is 2.32. The molecule has 0 bridgehead atoms. The van der Waals surface area contributed by atoms with Gasteiger partial charge in [-0.05, 0) is 50.8 Å². The second-order valence-electron chi connectivity index (χ2n) is 8.34. The lowest BCUT2D eigenvalue weighted by Crippen LogP contribution is -2.36. The lowest BCUT2D eigenvalue weighted by molar-refractivity contribution is -0.147. The molecule has 0 unspecified atom stereocenters. The van der Waals surface area contributed by atoms with Crippen LogP contribution >= 0.6 is 22.9 Å². The molecular formula is C23H26ClF3N2O5S. The summed E-state index contributed by atoms with van der Waals surface area (Å²) in [4.78, 5) is 29.5. The number of thiophene rings is 1. The van der Waals surface area contributed by atoms with Crippen LogP contribution in [0, 0.1) is 12.8 Å². The first-order valence-corrected chi connectivity index (χ1v) is 12.1. The molecule has 0 aliphatic heterocycles. The second-order valence-corrected chi connectivity index (χ2v) is 10.0. The molecule has 12 heteroatoms. The average molecular weight is 535 g/mol. The summed E-state index contributed by atoms with van der Waals surface area (Å²) in [6.45, 7) is 0.128. The van der Waals surface area contributed by atoms with Crippen molar-refractivity contribution < 1.29 is 37.0 Å². The number of aryl methyl sites for hydroxylation is 1. The molecule has 2 aromatic heterocycles. The van der Waals surface area contributed by atoms with Crippen LogP contribution < -0.4 is 4.74 Å². The van der Waals surface area contributed by atoms with Crippen LogP contribution in [0.1, 0.15) is 36.9 Å². The molecule has 0 saturated heterocycles. The molecule has 35 heavy (non-hydrogen) atoms. The number of aromatic nitrogens is 1. The molecule has 192 valence electrons. The van der Waals surface area contributed by atoms with E-state index in [1.807, 2.05) is 0 Å². The zero-order valence-electron chi connectivity index (χ0n) is 19.5. The first-order valence-electron chi connectivity index (χ1n) is 10.9. The molecule has 0 radical (unpaired) electrons. The third kappa shape index (κ3) is 7.47. The highest BCUT2D eigenvalue weighted by atomic mass is 35.5. The first kappa shape index (κ1) is 27.1. The van der Waals surface area contributed by atoms with E-state index in [4.69, 9.17) is 25.8 Å². The SMILES string of the molecule is COC(=O)[C@H]1CCC[C@H](Oc2ccc(-c3sc(Cl)cc3COC(=O)N(C)CC(F)(F)F)nc2C)C1. The molecule has 1 aliphatic carbocycles. The molecule has 1 aliphatic rings. The van der Waals surface area contributed by atoms with Crippen molar-refractivity contribution in [3.8, 4) is 16.3 Å². The molecule has 2 atom stereocenters. The molecule has 2 heterocycles. The van der Waals surface area contributed by atoms with E-state index in [-0.39, 0.29) is 24.6 Å². The maximum absolute atomic E-state index is 12.5. The minimum Gasteiger partial charge on any atom is -0.489 e. The van der Waals surface area contributed by atoms with Crippen molar-refractivity contribution in [2.75, 3.05) is 20.7 Å². The number of nitrogens with zero attached hydrogens (tertiary/aromatic N) is 2. The summed E-state index contributed by atoms with van der Waals surface area (Å²) in [5.74, 6) is 0.185. The number of amides is 1. The van der Waals surface area contributed by atoms with Crippen molar-refractivity contribution in [1.82, 2.24) is 9.88 Å². The van der Waals surface area contributed by atoms with Crippen LogP contribution in [0.25, 0.3) is 10.6 Å². The third-order valence-electron chi connectivity index (χ3n) is 5.58. The summed E-state index contributed by atoms with van der Waals surface area (Å²) in [6, 6.07) is 5.11. The van der Waals surface area contributed by atoms with E-state index in [1.165, 1.54) is 18.4 Å². The molecule has 1 saturated carbocycles. The molecule has 0 aromatic carbocycles. The fraction of sp³-hybridized carbons (Fsp3) is 0.522. The smallest absolute Gasteiger partial charge is 0.410 e. The van der Waals surface area contributed by atoms with Gasteiger partial charge in [-0.1, -0.05) is 11.6 Å². The Hall–Kier alpha value is -2.53. The maximum Gasteiger partial charge on any atom is 0.410 e. The van der Waals surface area contributed by atoms with Gasteiger partial charge >= 0.3 is 18.2 Å². The Morgan fingerprint density at radius 2 is 2.03 bits per heavy atom. The predicted molar refractivity (Wildman–Crippen MR) is 125 cm³/mol. The lowest BCUT2D eigenvalue weighted by Gasteiger charge is -2.28. The number of hydrogen-bond donors (Lipinski definition) is 0. The van der Waals surface area contributed by atoms with E-state index < -0.39 is 18.8 Å². The summed E-state index contributed by atoms with van der Waals surface area (Å²) in [7, 11) is 2.40. The number of ether oxygens (including phenoxy) is 3. The number of hydrogen-bond acceptors (Lipinski definition) is 7. The van der Waals surface area contributed by atoms with Gasteiger partial charge in [-0.25, -0.2) is 9.78 Å². The summed E-state index contributed by atoms with van der Waals surface area (Å²) in [5, 5.41) is 0. The van der Waals surface area contributed by atoms with E-state index in [2.05, 4.69) is 4.98 Å². The van der Waals surface area contributed by atoms with Crippen LogP contribution in [0.5, 0.6) is 5.75 Å². The summed E-state index contributed by atoms with van der Waals surface area (Å²) >= 11 is 7.38. The van der Waals surface area contributed by atoms with Gasteiger partial charge in [-0.3, -0.25) is 4.79 Å². The van der Waals surface area contributed by atoms with Crippen LogP contribution in [0.2, 0.25) is 4.34 Å². The molecule has 7 nitrogen and oxygen atoms in total. The topological polar surface area (TPSA) is 78.0 Å². The normalized spacial score (nSPS) is 18.1. The number of esters is 1. The molecule has 0 N–H and O–H groups in total. The minimum atomic E-state index is -4.52. The average Bonchev–Trinajstić information content (AvgIpc) is 3.17. The van der Waals surface area contributed by atoms with Gasteiger partial charge in [-0.15, -0.1) is 11.3 Å². The maximum atomic E-state index is 12.5. The summed E-state index contributed by atoms with van der Waals surface area (Å²) in [5.41, 5.74) is 1.72. The third-order valence-corrected chi connectivity index (χ3v) is 6.91. The predicted octanol–water partition coefficient (Wildman–Crippen LogP) is 6.01. The molecule has 1 amide bonds. The van der Waals surface area contributed by atoms with Gasteiger partial charge in [0.05, 0.1) is 39.7 Å². The van der Waals surface area contributed by atoms with Crippen molar-refractivity contribution in [1.29, 1.82) is 0 Å². The molecule has 3 rings (SSSR count). The second kappa shape index (κ2) is 11.5. The monoisotopic (exact) mass is 534 g/mol. The first-order chi connectivity index (χ1) is 16.5. The van der Waals surface area contributed by atoms with Gasteiger partial charge in [0, 0.05) is 12.6 Å². The van der Waals surface area contributed by atoms with Crippen LogP contribution in [-0.2, 0) is 20.9 Å². The van der Waals surface area contributed by atoms with E-state index in [0.29, 0.717) is 43.2 Å². The Balaban J connectivity index is 1.68. The zero-order chi connectivity index (χ0) is 25.8. The summed E-state index contributed by atoms with van der Waals surface area (Å²) < 4.78 is 54.0. The number of carbonyl (C=O) groups excluding carboxylic acids is 2. The quantitative estimate of drug-likeness (QED) is 0.405. The zero-order valence-corrected chi connectivity index (χ0v) is 21.1. The number of halogens is 4. The number of pyridine rings is 1.